The second kappa shape index (κ2) is 7.68. The fourth-order valence-electron chi connectivity index (χ4n) is 3.23. The van der Waals surface area contributed by atoms with Crippen molar-refractivity contribution in [1.82, 2.24) is 9.88 Å². The number of carbonyl (C=O) groups excluding carboxylic acids is 2. The van der Waals surface area contributed by atoms with Crippen LogP contribution in [0.5, 0.6) is 0 Å². The molecule has 5 nitrogen and oxygen atoms in total. The van der Waals surface area contributed by atoms with Crippen molar-refractivity contribution in [2.24, 2.45) is 5.92 Å². The van der Waals surface area contributed by atoms with Crippen LogP contribution in [0.15, 0.2) is 36.4 Å². The maximum atomic E-state index is 12.7. The summed E-state index contributed by atoms with van der Waals surface area (Å²) < 4.78 is 0. The van der Waals surface area contributed by atoms with Gasteiger partial charge in [0.05, 0.1) is 0 Å². The predicted molar refractivity (Wildman–Crippen MR) is 102 cm³/mol. The van der Waals surface area contributed by atoms with Gasteiger partial charge in [0.1, 0.15) is 11.4 Å². The SMILES string of the molecule is Cc1ccc(NC(=O)c2cccc(C(=O)N3CCCC(C)C3)n2)cc1C. The van der Waals surface area contributed by atoms with Crippen LogP contribution in [0.1, 0.15) is 51.9 Å². The minimum Gasteiger partial charge on any atom is -0.337 e. The van der Waals surface area contributed by atoms with Crippen LogP contribution in [0.4, 0.5) is 5.69 Å². The van der Waals surface area contributed by atoms with Gasteiger partial charge >= 0.3 is 0 Å². The summed E-state index contributed by atoms with van der Waals surface area (Å²) in [4.78, 5) is 31.3. The molecule has 0 spiro atoms. The summed E-state index contributed by atoms with van der Waals surface area (Å²) in [5.41, 5.74) is 3.58. The number of aryl methyl sites for hydroxylation is 2. The molecule has 1 aliphatic rings. The number of rotatable bonds is 3. The van der Waals surface area contributed by atoms with Gasteiger partial charge in [-0.2, -0.15) is 0 Å². The minimum atomic E-state index is -0.310. The number of nitrogens with zero attached hydrogens (tertiary/aromatic N) is 2. The molecule has 0 saturated carbocycles. The van der Waals surface area contributed by atoms with Gasteiger partial charge in [-0.1, -0.05) is 19.1 Å². The molecule has 136 valence electrons. The van der Waals surface area contributed by atoms with E-state index < -0.39 is 0 Å². The Hall–Kier alpha value is -2.69. The van der Waals surface area contributed by atoms with Crippen molar-refractivity contribution in [2.75, 3.05) is 18.4 Å². The van der Waals surface area contributed by atoms with Crippen LogP contribution >= 0.6 is 0 Å². The summed E-state index contributed by atoms with van der Waals surface area (Å²) in [6.45, 7) is 7.69. The van der Waals surface area contributed by atoms with E-state index in [2.05, 4.69) is 17.2 Å². The molecule has 26 heavy (non-hydrogen) atoms. The van der Waals surface area contributed by atoms with E-state index in [0.29, 0.717) is 11.6 Å². The maximum Gasteiger partial charge on any atom is 0.274 e. The molecule has 0 aliphatic carbocycles. The van der Waals surface area contributed by atoms with E-state index >= 15 is 0 Å². The van der Waals surface area contributed by atoms with Gasteiger partial charge in [-0.05, 0) is 68.0 Å². The highest BCUT2D eigenvalue weighted by Gasteiger charge is 2.23. The van der Waals surface area contributed by atoms with Crippen molar-refractivity contribution in [2.45, 2.75) is 33.6 Å². The second-order valence-electron chi connectivity index (χ2n) is 7.16. The number of hydrogen-bond donors (Lipinski definition) is 1. The third-order valence-corrected chi connectivity index (χ3v) is 4.91. The lowest BCUT2D eigenvalue weighted by Gasteiger charge is -2.30. The molecule has 1 atom stereocenters. The van der Waals surface area contributed by atoms with Crippen LogP contribution in [0.3, 0.4) is 0 Å². The Labute approximate surface area is 154 Å². The fraction of sp³-hybridized carbons (Fsp3) is 0.381. The largest absolute Gasteiger partial charge is 0.337 e. The molecule has 1 saturated heterocycles. The topological polar surface area (TPSA) is 62.3 Å². The van der Waals surface area contributed by atoms with Gasteiger partial charge in [-0.15, -0.1) is 0 Å². The molecule has 0 bridgehead atoms. The summed E-state index contributed by atoms with van der Waals surface area (Å²) in [5.74, 6) is 0.0938. The lowest BCUT2D eigenvalue weighted by Crippen LogP contribution is -2.39. The van der Waals surface area contributed by atoms with Crippen LogP contribution in [0.25, 0.3) is 0 Å². The number of likely N-dealkylation sites (tertiary alicyclic amines) is 1. The number of aromatic nitrogens is 1. The standard InChI is InChI=1S/C21H25N3O2/c1-14-6-5-11-24(13-14)21(26)19-8-4-7-18(23-19)20(25)22-17-10-9-15(2)16(3)12-17/h4,7-10,12,14H,5-6,11,13H2,1-3H3,(H,22,25). The van der Waals surface area contributed by atoms with Gasteiger partial charge in [-0.3, -0.25) is 9.59 Å². The number of nitrogens with one attached hydrogen (secondary N) is 1. The average molecular weight is 351 g/mol. The van der Waals surface area contributed by atoms with E-state index in [-0.39, 0.29) is 17.5 Å². The summed E-state index contributed by atoms with van der Waals surface area (Å²) in [7, 11) is 0. The van der Waals surface area contributed by atoms with Crippen molar-refractivity contribution < 1.29 is 9.59 Å². The highest BCUT2D eigenvalue weighted by Crippen LogP contribution is 2.18. The second-order valence-corrected chi connectivity index (χ2v) is 7.16. The van der Waals surface area contributed by atoms with Crippen molar-refractivity contribution >= 4 is 17.5 Å². The zero-order chi connectivity index (χ0) is 18.7. The fourth-order valence-corrected chi connectivity index (χ4v) is 3.23. The molecule has 0 radical (unpaired) electrons. The maximum absolute atomic E-state index is 12.7. The third-order valence-electron chi connectivity index (χ3n) is 4.91. The summed E-state index contributed by atoms with van der Waals surface area (Å²) in [5, 5.41) is 2.85. The van der Waals surface area contributed by atoms with Crippen LogP contribution in [-0.4, -0.2) is 34.8 Å². The number of hydrogen-bond acceptors (Lipinski definition) is 3. The Morgan fingerprint density at radius 2 is 1.88 bits per heavy atom. The van der Waals surface area contributed by atoms with Crippen molar-refractivity contribution in [3.63, 3.8) is 0 Å². The molecule has 2 heterocycles. The quantitative estimate of drug-likeness (QED) is 0.914. The summed E-state index contributed by atoms with van der Waals surface area (Å²) in [6.07, 6.45) is 2.16. The first kappa shape index (κ1) is 18.1. The van der Waals surface area contributed by atoms with E-state index in [1.54, 1.807) is 18.2 Å². The van der Waals surface area contributed by atoms with E-state index in [0.717, 1.165) is 37.2 Å². The number of anilines is 1. The Balaban J connectivity index is 1.74. The first-order valence-electron chi connectivity index (χ1n) is 9.09. The van der Waals surface area contributed by atoms with E-state index in [1.807, 2.05) is 36.9 Å². The molecular weight excluding hydrogens is 326 g/mol. The van der Waals surface area contributed by atoms with Crippen LogP contribution in [-0.2, 0) is 0 Å². The predicted octanol–water partition coefficient (Wildman–Crippen LogP) is 3.82. The number of piperidine rings is 1. The zero-order valence-corrected chi connectivity index (χ0v) is 15.6. The van der Waals surface area contributed by atoms with Crippen LogP contribution in [0.2, 0.25) is 0 Å². The molecule has 1 N–H and O–H groups in total. The summed E-state index contributed by atoms with van der Waals surface area (Å²) in [6, 6.07) is 10.8. The molecule has 2 amide bonds. The average Bonchev–Trinajstić information content (AvgIpc) is 2.64. The van der Waals surface area contributed by atoms with Crippen molar-refractivity contribution in [3.05, 3.63) is 58.9 Å². The monoisotopic (exact) mass is 351 g/mol. The van der Waals surface area contributed by atoms with Gasteiger partial charge in [0.2, 0.25) is 0 Å². The van der Waals surface area contributed by atoms with Gasteiger partial charge < -0.3 is 10.2 Å². The van der Waals surface area contributed by atoms with Gasteiger partial charge in [0.25, 0.3) is 11.8 Å². The van der Waals surface area contributed by atoms with E-state index in [9.17, 15) is 9.59 Å². The molecule has 1 unspecified atom stereocenters. The van der Waals surface area contributed by atoms with Crippen molar-refractivity contribution in [1.29, 1.82) is 0 Å². The van der Waals surface area contributed by atoms with E-state index in [1.165, 1.54) is 5.56 Å². The number of amides is 2. The van der Waals surface area contributed by atoms with Crippen LogP contribution < -0.4 is 5.32 Å². The number of benzene rings is 1. The zero-order valence-electron chi connectivity index (χ0n) is 15.6. The Morgan fingerprint density at radius 1 is 1.12 bits per heavy atom. The molecular formula is C21H25N3O2. The van der Waals surface area contributed by atoms with Gasteiger partial charge in [0.15, 0.2) is 0 Å². The normalized spacial score (nSPS) is 17.0. The smallest absolute Gasteiger partial charge is 0.274 e. The molecule has 3 rings (SSSR count). The van der Waals surface area contributed by atoms with Crippen molar-refractivity contribution in [3.8, 4) is 0 Å². The lowest BCUT2D eigenvalue weighted by atomic mass is 10.00. The Morgan fingerprint density at radius 3 is 2.62 bits per heavy atom. The highest BCUT2D eigenvalue weighted by molar-refractivity contribution is 6.03. The molecule has 1 aliphatic heterocycles. The number of carbonyl (C=O) groups is 2. The minimum absolute atomic E-state index is 0.0996. The van der Waals surface area contributed by atoms with E-state index in [4.69, 9.17) is 0 Å². The number of pyridine rings is 1. The van der Waals surface area contributed by atoms with Gasteiger partial charge in [0, 0.05) is 18.8 Å². The molecule has 1 aromatic heterocycles. The Kier molecular flexibility index (Phi) is 5.35. The molecule has 1 fully saturated rings. The highest BCUT2D eigenvalue weighted by atomic mass is 16.2. The Bertz CT molecular complexity index is 832. The molecule has 5 heteroatoms. The van der Waals surface area contributed by atoms with Crippen LogP contribution in [0, 0.1) is 19.8 Å². The summed E-state index contributed by atoms with van der Waals surface area (Å²) >= 11 is 0. The van der Waals surface area contributed by atoms with Gasteiger partial charge in [-0.25, -0.2) is 4.98 Å². The first-order valence-corrected chi connectivity index (χ1v) is 9.09. The lowest BCUT2D eigenvalue weighted by molar-refractivity contribution is 0.0677. The first-order chi connectivity index (χ1) is 12.4. The molecule has 1 aromatic carbocycles. The molecule has 2 aromatic rings. The third kappa shape index (κ3) is 4.10.